The van der Waals surface area contributed by atoms with Gasteiger partial charge in [0.25, 0.3) is 0 Å². The molecule has 1 aromatic rings. The Balaban J connectivity index is 2.45. The van der Waals surface area contributed by atoms with Crippen LogP contribution in [0.25, 0.3) is 0 Å². The van der Waals surface area contributed by atoms with Gasteiger partial charge in [-0.2, -0.15) is 0 Å². The van der Waals surface area contributed by atoms with Crippen molar-refractivity contribution in [3.63, 3.8) is 0 Å². The van der Waals surface area contributed by atoms with Crippen LogP contribution in [0.2, 0.25) is 0 Å². The summed E-state index contributed by atoms with van der Waals surface area (Å²) >= 11 is 0. The Morgan fingerprint density at radius 2 is 2.11 bits per heavy atom. The fourth-order valence-electron chi connectivity index (χ4n) is 2.29. The molecule has 0 radical (unpaired) electrons. The topological polar surface area (TPSA) is 49.7 Å². The fourth-order valence-corrected chi connectivity index (χ4v) is 2.29. The molecule has 3 nitrogen and oxygen atoms in total. The molecule has 98 valence electrons. The van der Waals surface area contributed by atoms with Gasteiger partial charge in [-0.25, -0.2) is 0 Å². The third-order valence-corrected chi connectivity index (χ3v) is 3.54. The first-order valence-corrected chi connectivity index (χ1v) is 6.18. The van der Waals surface area contributed by atoms with Gasteiger partial charge in [0.1, 0.15) is 17.6 Å². The van der Waals surface area contributed by atoms with Crippen LogP contribution < -0.4 is 4.74 Å². The molecule has 0 bridgehead atoms. The summed E-state index contributed by atoms with van der Waals surface area (Å²) < 4.78 is 5.86. The molecule has 0 amide bonds. The van der Waals surface area contributed by atoms with Crippen molar-refractivity contribution in [2.45, 2.75) is 44.8 Å². The highest BCUT2D eigenvalue weighted by Crippen LogP contribution is 2.42. The molecule has 3 heteroatoms. The quantitative estimate of drug-likeness (QED) is 0.791. The van der Waals surface area contributed by atoms with Crippen molar-refractivity contribution < 1.29 is 14.9 Å². The molecule has 2 rings (SSSR count). The minimum atomic E-state index is -0.898. The lowest BCUT2D eigenvalue weighted by molar-refractivity contribution is -0.0448. The second kappa shape index (κ2) is 4.32. The fraction of sp³-hybridized carbons (Fsp3) is 0.467. The molecule has 0 aliphatic carbocycles. The van der Waals surface area contributed by atoms with Crippen LogP contribution in [0, 0.1) is 6.92 Å². The second-order valence-electron chi connectivity index (χ2n) is 5.51. The smallest absolute Gasteiger partial charge is 0.128 e. The molecule has 0 spiro atoms. The Morgan fingerprint density at radius 1 is 1.44 bits per heavy atom. The summed E-state index contributed by atoms with van der Waals surface area (Å²) in [6.45, 7) is 9.15. The van der Waals surface area contributed by atoms with E-state index in [4.69, 9.17) is 4.74 Å². The maximum atomic E-state index is 10.1. The summed E-state index contributed by atoms with van der Waals surface area (Å²) in [5.41, 5.74) is 0.812. The molecule has 0 aromatic heterocycles. The Hall–Kier alpha value is -1.48. The number of benzene rings is 1. The SMILES string of the molecule is C=C[C@H]1CC(C(C)(C)O)Oc2cc(C)c(O)cc21. The van der Waals surface area contributed by atoms with Gasteiger partial charge in [-0.1, -0.05) is 6.08 Å². The third kappa shape index (κ3) is 2.23. The number of aliphatic hydroxyl groups is 1. The third-order valence-electron chi connectivity index (χ3n) is 3.54. The van der Waals surface area contributed by atoms with Gasteiger partial charge in [-0.05, 0) is 44.9 Å². The Bertz CT molecular complexity index is 471. The number of aryl methyl sites for hydroxylation is 1. The molecule has 18 heavy (non-hydrogen) atoms. The molecule has 0 saturated heterocycles. The first kappa shape index (κ1) is 13.0. The van der Waals surface area contributed by atoms with Gasteiger partial charge in [0.15, 0.2) is 0 Å². The number of phenols is 1. The minimum absolute atomic E-state index is 0.0941. The maximum Gasteiger partial charge on any atom is 0.128 e. The van der Waals surface area contributed by atoms with Gasteiger partial charge in [0.05, 0.1) is 5.60 Å². The monoisotopic (exact) mass is 248 g/mol. The minimum Gasteiger partial charge on any atom is -0.508 e. The molecule has 2 N–H and O–H groups in total. The van der Waals surface area contributed by atoms with Crippen molar-refractivity contribution in [2.75, 3.05) is 0 Å². The van der Waals surface area contributed by atoms with Crippen LogP contribution in [-0.2, 0) is 0 Å². The van der Waals surface area contributed by atoms with Crippen LogP contribution in [0.1, 0.15) is 37.3 Å². The van der Waals surface area contributed by atoms with Gasteiger partial charge in [-0.3, -0.25) is 0 Å². The highest BCUT2D eigenvalue weighted by atomic mass is 16.5. The molecular weight excluding hydrogens is 228 g/mol. The van der Waals surface area contributed by atoms with Crippen LogP contribution in [-0.4, -0.2) is 21.9 Å². The number of fused-ring (bicyclic) bond motifs is 1. The van der Waals surface area contributed by atoms with Crippen molar-refractivity contribution in [3.05, 3.63) is 35.9 Å². The van der Waals surface area contributed by atoms with Gasteiger partial charge in [0.2, 0.25) is 0 Å². The van der Waals surface area contributed by atoms with E-state index in [1.165, 1.54) is 0 Å². The highest BCUT2D eigenvalue weighted by Gasteiger charge is 2.36. The van der Waals surface area contributed by atoms with Crippen molar-refractivity contribution >= 4 is 0 Å². The highest BCUT2D eigenvalue weighted by molar-refractivity contribution is 5.49. The van der Waals surface area contributed by atoms with Gasteiger partial charge >= 0.3 is 0 Å². The van der Waals surface area contributed by atoms with E-state index in [1.54, 1.807) is 19.9 Å². The first-order chi connectivity index (χ1) is 8.32. The van der Waals surface area contributed by atoms with Crippen molar-refractivity contribution in [2.24, 2.45) is 0 Å². The summed E-state index contributed by atoms with van der Waals surface area (Å²) in [6.07, 6.45) is 2.24. The summed E-state index contributed by atoms with van der Waals surface area (Å²) in [6, 6.07) is 3.55. The molecule has 1 aliphatic rings. The zero-order chi connectivity index (χ0) is 13.5. The van der Waals surface area contributed by atoms with Crippen LogP contribution in [0.4, 0.5) is 0 Å². The second-order valence-corrected chi connectivity index (χ2v) is 5.51. The number of ether oxygens (including phenoxy) is 1. The van der Waals surface area contributed by atoms with E-state index >= 15 is 0 Å². The number of phenolic OH excluding ortho intramolecular Hbond substituents is 1. The lowest BCUT2D eigenvalue weighted by Gasteiger charge is -2.37. The van der Waals surface area contributed by atoms with E-state index in [9.17, 15) is 10.2 Å². The lowest BCUT2D eigenvalue weighted by atomic mass is 9.84. The number of aromatic hydroxyl groups is 1. The standard InChI is InChI=1S/C15H20O3/c1-5-10-7-14(15(3,4)17)18-13-6-9(2)12(16)8-11(10)13/h5-6,8,10,14,16-17H,1,7H2,2-4H3/t10-,14?/m0/s1. The van der Waals surface area contributed by atoms with Crippen LogP contribution in [0.15, 0.2) is 24.8 Å². The Kier molecular flexibility index (Phi) is 3.11. The molecule has 1 aliphatic heterocycles. The van der Waals surface area contributed by atoms with Crippen LogP contribution in [0.5, 0.6) is 11.5 Å². The lowest BCUT2D eigenvalue weighted by Crippen LogP contribution is -2.43. The molecule has 1 heterocycles. The van der Waals surface area contributed by atoms with E-state index in [0.717, 1.165) is 16.9 Å². The molecule has 0 fully saturated rings. The molecular formula is C15H20O3. The van der Waals surface area contributed by atoms with Crippen molar-refractivity contribution in [1.82, 2.24) is 0 Å². The van der Waals surface area contributed by atoms with E-state index in [1.807, 2.05) is 19.1 Å². The predicted octanol–water partition coefficient (Wildman–Crippen LogP) is 2.89. The number of hydrogen-bond acceptors (Lipinski definition) is 3. The van der Waals surface area contributed by atoms with E-state index in [2.05, 4.69) is 6.58 Å². The zero-order valence-corrected chi connectivity index (χ0v) is 11.1. The zero-order valence-electron chi connectivity index (χ0n) is 11.1. The number of hydrogen-bond donors (Lipinski definition) is 2. The van der Waals surface area contributed by atoms with Crippen LogP contribution >= 0.6 is 0 Å². The molecule has 1 unspecified atom stereocenters. The summed E-state index contributed by atoms with van der Waals surface area (Å²) in [5, 5.41) is 19.9. The van der Waals surface area contributed by atoms with Crippen LogP contribution in [0.3, 0.4) is 0 Å². The predicted molar refractivity (Wildman–Crippen MR) is 71.1 cm³/mol. The maximum absolute atomic E-state index is 10.1. The molecule has 2 atom stereocenters. The molecule has 0 saturated carbocycles. The summed E-state index contributed by atoms with van der Waals surface area (Å²) in [5.74, 6) is 1.09. The Labute approximate surface area is 108 Å². The summed E-state index contributed by atoms with van der Waals surface area (Å²) in [4.78, 5) is 0. The van der Waals surface area contributed by atoms with E-state index in [0.29, 0.717) is 6.42 Å². The number of rotatable bonds is 2. The van der Waals surface area contributed by atoms with E-state index in [-0.39, 0.29) is 17.8 Å². The first-order valence-electron chi connectivity index (χ1n) is 6.18. The normalized spacial score (nSPS) is 23.1. The largest absolute Gasteiger partial charge is 0.508 e. The van der Waals surface area contributed by atoms with Gasteiger partial charge in [-0.15, -0.1) is 6.58 Å². The van der Waals surface area contributed by atoms with Gasteiger partial charge < -0.3 is 14.9 Å². The van der Waals surface area contributed by atoms with Crippen molar-refractivity contribution in [1.29, 1.82) is 0 Å². The number of allylic oxidation sites excluding steroid dienone is 1. The van der Waals surface area contributed by atoms with Crippen molar-refractivity contribution in [3.8, 4) is 11.5 Å². The van der Waals surface area contributed by atoms with E-state index < -0.39 is 5.60 Å². The summed E-state index contributed by atoms with van der Waals surface area (Å²) in [7, 11) is 0. The average molecular weight is 248 g/mol. The average Bonchev–Trinajstić information content (AvgIpc) is 2.28. The van der Waals surface area contributed by atoms with Gasteiger partial charge in [0, 0.05) is 11.5 Å². The Morgan fingerprint density at radius 3 is 2.67 bits per heavy atom. The molecule has 1 aromatic carbocycles.